The van der Waals surface area contributed by atoms with Crippen LogP contribution in [0, 0.1) is 5.82 Å². The SMILES string of the molecule is O=C(C[C@]1(O)C(=O)N(Cc2ccc(F)cc2)c2ccccc21)c1cccnc1. The normalized spacial score (nSPS) is 18.2. The monoisotopic (exact) mass is 376 g/mol. The van der Waals surface area contributed by atoms with Gasteiger partial charge in [-0.05, 0) is 35.9 Å². The molecule has 1 N–H and O–H groups in total. The Hall–Kier alpha value is -3.38. The van der Waals surface area contributed by atoms with Gasteiger partial charge in [0.1, 0.15) is 5.82 Å². The fourth-order valence-corrected chi connectivity index (χ4v) is 3.47. The van der Waals surface area contributed by atoms with Crippen molar-refractivity contribution in [3.8, 4) is 0 Å². The highest BCUT2D eigenvalue weighted by Crippen LogP contribution is 2.43. The third-order valence-electron chi connectivity index (χ3n) is 4.89. The molecule has 3 aromatic rings. The quantitative estimate of drug-likeness (QED) is 0.694. The number of carbonyl (C=O) groups excluding carboxylic acids is 2. The lowest BCUT2D eigenvalue weighted by atomic mass is 9.88. The molecule has 4 rings (SSSR count). The molecule has 140 valence electrons. The number of Topliss-reactive ketones (excluding diaryl/α,β-unsaturated/α-hetero) is 1. The van der Waals surface area contributed by atoms with E-state index in [-0.39, 0.29) is 24.6 Å². The number of aliphatic hydroxyl groups is 1. The van der Waals surface area contributed by atoms with Crippen molar-refractivity contribution >= 4 is 17.4 Å². The second-order valence-corrected chi connectivity index (χ2v) is 6.74. The number of para-hydroxylation sites is 1. The highest BCUT2D eigenvalue weighted by atomic mass is 19.1. The number of fused-ring (bicyclic) bond motifs is 1. The van der Waals surface area contributed by atoms with Gasteiger partial charge in [-0.3, -0.25) is 14.6 Å². The summed E-state index contributed by atoms with van der Waals surface area (Å²) in [5.41, 5.74) is 0.0204. The van der Waals surface area contributed by atoms with Gasteiger partial charge in [-0.2, -0.15) is 0 Å². The van der Waals surface area contributed by atoms with Crippen LogP contribution in [0.4, 0.5) is 10.1 Å². The summed E-state index contributed by atoms with van der Waals surface area (Å²) in [7, 11) is 0. The van der Waals surface area contributed by atoms with Crippen LogP contribution >= 0.6 is 0 Å². The standard InChI is InChI=1S/C22H17FN2O3/c23-17-9-7-15(8-10-17)14-25-19-6-2-1-5-18(19)22(28,21(25)27)12-20(26)16-4-3-11-24-13-16/h1-11,13,28H,12,14H2/t22-/m1/s1. The van der Waals surface area contributed by atoms with Crippen LogP contribution in [0.1, 0.15) is 27.9 Å². The molecule has 1 aliphatic heterocycles. The van der Waals surface area contributed by atoms with Gasteiger partial charge in [0.25, 0.3) is 5.91 Å². The number of benzene rings is 2. The molecule has 5 nitrogen and oxygen atoms in total. The van der Waals surface area contributed by atoms with E-state index in [9.17, 15) is 19.1 Å². The van der Waals surface area contributed by atoms with Crippen LogP contribution in [0.15, 0.2) is 73.1 Å². The number of anilines is 1. The van der Waals surface area contributed by atoms with E-state index in [1.54, 1.807) is 54.7 Å². The van der Waals surface area contributed by atoms with Gasteiger partial charge in [0, 0.05) is 23.5 Å². The first-order chi connectivity index (χ1) is 13.5. The Morgan fingerprint density at radius 3 is 2.54 bits per heavy atom. The molecule has 0 saturated carbocycles. The van der Waals surface area contributed by atoms with Crippen LogP contribution in [0.25, 0.3) is 0 Å². The summed E-state index contributed by atoms with van der Waals surface area (Å²) >= 11 is 0. The zero-order valence-electron chi connectivity index (χ0n) is 14.9. The first-order valence-electron chi connectivity index (χ1n) is 8.80. The lowest BCUT2D eigenvalue weighted by molar-refractivity contribution is -0.136. The zero-order chi connectivity index (χ0) is 19.7. The fraction of sp³-hybridized carbons (Fsp3) is 0.136. The fourth-order valence-electron chi connectivity index (χ4n) is 3.47. The molecule has 1 atom stereocenters. The van der Waals surface area contributed by atoms with Crippen LogP contribution in [-0.2, 0) is 16.9 Å². The Morgan fingerprint density at radius 2 is 1.82 bits per heavy atom. The number of ketones is 1. The molecule has 1 aliphatic rings. The lowest BCUT2D eigenvalue weighted by Gasteiger charge is -2.23. The maximum atomic E-state index is 13.2. The number of pyridine rings is 1. The number of aromatic nitrogens is 1. The van der Waals surface area contributed by atoms with Crippen LogP contribution in [0.5, 0.6) is 0 Å². The summed E-state index contributed by atoms with van der Waals surface area (Å²) in [4.78, 5) is 31.2. The number of nitrogens with zero attached hydrogens (tertiary/aromatic N) is 2. The summed E-state index contributed by atoms with van der Waals surface area (Å²) in [5, 5.41) is 11.2. The summed E-state index contributed by atoms with van der Waals surface area (Å²) in [6.45, 7) is 0.166. The predicted octanol–water partition coefficient (Wildman–Crippen LogP) is 3.23. The highest BCUT2D eigenvalue weighted by molar-refractivity contribution is 6.10. The molecular weight excluding hydrogens is 359 g/mol. The molecule has 0 unspecified atom stereocenters. The third-order valence-corrected chi connectivity index (χ3v) is 4.89. The average molecular weight is 376 g/mol. The van der Waals surface area contributed by atoms with Crippen molar-refractivity contribution in [2.75, 3.05) is 4.90 Å². The molecule has 0 aliphatic carbocycles. The summed E-state index contributed by atoms with van der Waals surface area (Å²) in [5.74, 6) is -1.31. The number of amides is 1. The van der Waals surface area contributed by atoms with Crippen molar-refractivity contribution in [2.24, 2.45) is 0 Å². The second kappa shape index (κ2) is 6.98. The number of rotatable bonds is 5. The summed E-state index contributed by atoms with van der Waals surface area (Å²) in [6, 6.07) is 15.9. The largest absolute Gasteiger partial charge is 0.375 e. The van der Waals surface area contributed by atoms with Gasteiger partial charge >= 0.3 is 0 Å². The van der Waals surface area contributed by atoms with Crippen molar-refractivity contribution in [1.29, 1.82) is 0 Å². The summed E-state index contributed by atoms with van der Waals surface area (Å²) < 4.78 is 13.2. The van der Waals surface area contributed by atoms with Crippen molar-refractivity contribution in [1.82, 2.24) is 4.98 Å². The van der Waals surface area contributed by atoms with Gasteiger partial charge in [-0.15, -0.1) is 0 Å². The Labute approximate surface area is 161 Å². The molecule has 1 aromatic heterocycles. The third kappa shape index (κ3) is 3.08. The van der Waals surface area contributed by atoms with Crippen LogP contribution in [0.2, 0.25) is 0 Å². The van der Waals surface area contributed by atoms with E-state index in [1.165, 1.54) is 23.2 Å². The molecule has 0 bridgehead atoms. The minimum Gasteiger partial charge on any atom is -0.375 e. The Kier molecular flexibility index (Phi) is 4.49. The van der Waals surface area contributed by atoms with Gasteiger partial charge in [-0.1, -0.05) is 30.3 Å². The number of hydrogen-bond donors (Lipinski definition) is 1. The maximum absolute atomic E-state index is 13.2. The maximum Gasteiger partial charge on any atom is 0.264 e. The van der Waals surface area contributed by atoms with E-state index < -0.39 is 11.5 Å². The van der Waals surface area contributed by atoms with E-state index in [2.05, 4.69) is 4.98 Å². The first-order valence-corrected chi connectivity index (χ1v) is 8.80. The van der Waals surface area contributed by atoms with Crippen LogP contribution in [-0.4, -0.2) is 21.8 Å². The number of hydrogen-bond acceptors (Lipinski definition) is 4. The Bertz CT molecular complexity index is 1040. The molecule has 6 heteroatoms. The predicted molar refractivity (Wildman–Crippen MR) is 101 cm³/mol. The summed E-state index contributed by atoms with van der Waals surface area (Å²) in [6.07, 6.45) is 2.58. The molecule has 1 amide bonds. The molecule has 0 saturated heterocycles. The smallest absolute Gasteiger partial charge is 0.264 e. The molecule has 2 heterocycles. The van der Waals surface area contributed by atoms with Gasteiger partial charge in [0.15, 0.2) is 11.4 Å². The van der Waals surface area contributed by atoms with Crippen molar-refractivity contribution in [3.63, 3.8) is 0 Å². The molecule has 0 spiro atoms. The first kappa shape index (κ1) is 18.0. The second-order valence-electron chi connectivity index (χ2n) is 6.74. The Morgan fingerprint density at radius 1 is 1.07 bits per heavy atom. The Balaban J connectivity index is 1.68. The van der Waals surface area contributed by atoms with E-state index >= 15 is 0 Å². The lowest BCUT2D eigenvalue weighted by Crippen LogP contribution is -2.41. The van der Waals surface area contributed by atoms with Crippen molar-refractivity contribution < 1.29 is 19.1 Å². The van der Waals surface area contributed by atoms with Gasteiger partial charge in [0.2, 0.25) is 0 Å². The van der Waals surface area contributed by atoms with E-state index in [0.717, 1.165) is 0 Å². The molecule has 28 heavy (non-hydrogen) atoms. The molecule has 0 radical (unpaired) electrons. The molecular formula is C22H17FN2O3. The van der Waals surface area contributed by atoms with E-state index in [1.807, 2.05) is 0 Å². The highest BCUT2D eigenvalue weighted by Gasteiger charge is 2.50. The minimum absolute atomic E-state index is 0.166. The van der Waals surface area contributed by atoms with Gasteiger partial charge in [-0.25, -0.2) is 4.39 Å². The minimum atomic E-state index is -1.95. The zero-order valence-corrected chi connectivity index (χ0v) is 14.9. The molecule has 2 aromatic carbocycles. The topological polar surface area (TPSA) is 70.5 Å². The average Bonchev–Trinajstić information content (AvgIpc) is 2.92. The number of carbonyl (C=O) groups is 2. The molecule has 0 fully saturated rings. The van der Waals surface area contributed by atoms with Crippen LogP contribution < -0.4 is 4.90 Å². The number of halogens is 1. The van der Waals surface area contributed by atoms with Gasteiger partial charge in [0.05, 0.1) is 18.7 Å². The van der Waals surface area contributed by atoms with E-state index in [0.29, 0.717) is 22.4 Å². The van der Waals surface area contributed by atoms with E-state index in [4.69, 9.17) is 0 Å². The van der Waals surface area contributed by atoms with Gasteiger partial charge < -0.3 is 10.0 Å². The van der Waals surface area contributed by atoms with Crippen molar-refractivity contribution in [3.05, 3.63) is 95.6 Å². The van der Waals surface area contributed by atoms with Crippen molar-refractivity contribution in [2.45, 2.75) is 18.6 Å². The van der Waals surface area contributed by atoms with Crippen LogP contribution in [0.3, 0.4) is 0 Å².